The molecule has 0 unspecified atom stereocenters. The van der Waals surface area contributed by atoms with E-state index in [1.165, 1.54) is 38.5 Å². The fraction of sp³-hybridized carbons (Fsp3) is 0.611. The van der Waals surface area contributed by atoms with Crippen molar-refractivity contribution in [2.75, 3.05) is 18.0 Å². The number of piperidine rings is 1. The van der Waals surface area contributed by atoms with Gasteiger partial charge in [-0.3, -0.25) is 9.36 Å². The molecule has 134 valence electrons. The summed E-state index contributed by atoms with van der Waals surface area (Å²) in [5.74, 6) is -0.00776. The lowest BCUT2D eigenvalue weighted by molar-refractivity contribution is 0.0921. The summed E-state index contributed by atoms with van der Waals surface area (Å²) in [5, 5.41) is 13.6. The van der Waals surface area contributed by atoms with Crippen LogP contribution in [0.2, 0.25) is 0 Å². The van der Waals surface area contributed by atoms with Crippen LogP contribution in [-0.2, 0) is 0 Å². The minimum Gasteiger partial charge on any atom is -0.348 e. The van der Waals surface area contributed by atoms with Gasteiger partial charge in [-0.05, 0) is 44.2 Å². The Balaban J connectivity index is 1.49. The van der Waals surface area contributed by atoms with Crippen LogP contribution in [0.3, 0.4) is 0 Å². The van der Waals surface area contributed by atoms with Crippen molar-refractivity contribution in [2.45, 2.75) is 57.4 Å². The summed E-state index contributed by atoms with van der Waals surface area (Å²) < 4.78 is 1.86. The molecule has 1 saturated carbocycles. The van der Waals surface area contributed by atoms with Crippen LogP contribution in [0.15, 0.2) is 18.3 Å². The van der Waals surface area contributed by atoms with Crippen molar-refractivity contribution in [1.82, 2.24) is 20.1 Å². The quantitative estimate of drug-likeness (QED) is 0.909. The zero-order valence-electron chi connectivity index (χ0n) is 14.5. The second-order valence-electron chi connectivity index (χ2n) is 6.99. The van der Waals surface area contributed by atoms with Crippen LogP contribution in [0.5, 0.6) is 0 Å². The molecule has 4 rings (SSSR count). The highest BCUT2D eigenvalue weighted by Crippen LogP contribution is 2.27. The highest BCUT2D eigenvalue weighted by atomic mass is 32.1. The molecule has 1 saturated heterocycles. The number of anilines is 1. The Kier molecular flexibility index (Phi) is 5.01. The van der Waals surface area contributed by atoms with Gasteiger partial charge in [0.1, 0.15) is 5.69 Å². The Morgan fingerprint density at radius 2 is 1.76 bits per heavy atom. The molecule has 1 N–H and O–H groups in total. The average molecular weight is 359 g/mol. The van der Waals surface area contributed by atoms with Gasteiger partial charge in [0, 0.05) is 25.3 Å². The topological polar surface area (TPSA) is 63.1 Å². The van der Waals surface area contributed by atoms with Gasteiger partial charge < -0.3 is 10.2 Å². The van der Waals surface area contributed by atoms with Gasteiger partial charge in [0.05, 0.1) is 0 Å². The minimum absolute atomic E-state index is 0.00776. The van der Waals surface area contributed by atoms with Crippen LogP contribution < -0.4 is 10.2 Å². The van der Waals surface area contributed by atoms with E-state index in [-0.39, 0.29) is 5.91 Å². The lowest BCUT2D eigenvalue weighted by atomic mass is 9.95. The van der Waals surface area contributed by atoms with Crippen molar-refractivity contribution < 1.29 is 4.79 Å². The fourth-order valence-electron chi connectivity index (χ4n) is 3.76. The third kappa shape index (κ3) is 3.71. The zero-order chi connectivity index (χ0) is 17.1. The monoisotopic (exact) mass is 359 g/mol. The summed E-state index contributed by atoms with van der Waals surface area (Å²) in [6.45, 7) is 2.10. The van der Waals surface area contributed by atoms with E-state index in [0.717, 1.165) is 36.2 Å². The van der Waals surface area contributed by atoms with E-state index in [2.05, 4.69) is 20.4 Å². The Morgan fingerprint density at radius 1 is 1.04 bits per heavy atom. The van der Waals surface area contributed by atoms with E-state index >= 15 is 0 Å². The third-order valence-electron chi connectivity index (χ3n) is 5.16. The Morgan fingerprint density at radius 3 is 2.56 bits per heavy atom. The number of aromatic nitrogens is 3. The molecule has 2 aliphatic rings. The molecule has 0 bridgehead atoms. The standard InChI is InChI=1S/C18H25N5OS/c24-16(19-14-8-3-1-4-9-14)15-10-7-13-23(15)18-21-20-17(25-18)22-11-5-2-6-12-22/h7,10,13-14H,1-6,8-9,11-12H2,(H,19,24). The molecular formula is C18H25N5OS. The second-order valence-corrected chi connectivity index (χ2v) is 7.92. The first-order chi connectivity index (χ1) is 12.3. The summed E-state index contributed by atoms with van der Waals surface area (Å²) in [5.41, 5.74) is 0.645. The van der Waals surface area contributed by atoms with Crippen LogP contribution in [0.4, 0.5) is 5.13 Å². The molecule has 1 amide bonds. The van der Waals surface area contributed by atoms with Gasteiger partial charge in [-0.15, -0.1) is 10.2 Å². The highest BCUT2D eigenvalue weighted by Gasteiger charge is 2.21. The zero-order valence-corrected chi connectivity index (χ0v) is 15.3. The molecule has 1 aliphatic carbocycles. The summed E-state index contributed by atoms with van der Waals surface area (Å²) in [6, 6.07) is 4.07. The Labute approximate surface area is 152 Å². The maximum Gasteiger partial charge on any atom is 0.268 e. The molecule has 2 fully saturated rings. The molecule has 7 heteroatoms. The van der Waals surface area contributed by atoms with Gasteiger partial charge >= 0.3 is 0 Å². The second kappa shape index (κ2) is 7.56. The average Bonchev–Trinajstić information content (AvgIpc) is 3.32. The number of carbonyl (C=O) groups is 1. The first-order valence-electron chi connectivity index (χ1n) is 9.38. The molecule has 25 heavy (non-hydrogen) atoms. The molecule has 2 aromatic heterocycles. The van der Waals surface area contributed by atoms with E-state index in [1.807, 2.05) is 22.9 Å². The lowest BCUT2D eigenvalue weighted by Crippen LogP contribution is -2.37. The van der Waals surface area contributed by atoms with Crippen molar-refractivity contribution >= 4 is 22.4 Å². The predicted octanol–water partition coefficient (Wildman–Crippen LogP) is 3.38. The van der Waals surface area contributed by atoms with E-state index in [9.17, 15) is 4.79 Å². The van der Waals surface area contributed by atoms with Gasteiger partial charge in [0.2, 0.25) is 10.3 Å². The smallest absolute Gasteiger partial charge is 0.268 e. The normalized spacial score (nSPS) is 19.1. The Hall–Kier alpha value is -1.89. The van der Waals surface area contributed by atoms with Crippen LogP contribution in [0.1, 0.15) is 61.9 Å². The SMILES string of the molecule is O=C(NC1CCCCC1)c1cccn1-c1nnc(N2CCCCC2)s1. The highest BCUT2D eigenvalue weighted by molar-refractivity contribution is 7.17. The summed E-state index contributed by atoms with van der Waals surface area (Å²) in [7, 11) is 0. The number of carbonyl (C=O) groups excluding carboxylic acids is 1. The van der Waals surface area contributed by atoms with Crippen LogP contribution in [0, 0.1) is 0 Å². The Bertz CT molecular complexity index is 713. The van der Waals surface area contributed by atoms with Gasteiger partial charge in [-0.25, -0.2) is 0 Å². The van der Waals surface area contributed by atoms with Crippen molar-refractivity contribution in [2.24, 2.45) is 0 Å². The number of nitrogens with zero attached hydrogens (tertiary/aromatic N) is 4. The van der Waals surface area contributed by atoms with Crippen LogP contribution >= 0.6 is 11.3 Å². The molecule has 0 aromatic carbocycles. The van der Waals surface area contributed by atoms with E-state index < -0.39 is 0 Å². The van der Waals surface area contributed by atoms with E-state index in [0.29, 0.717) is 11.7 Å². The summed E-state index contributed by atoms with van der Waals surface area (Å²) >= 11 is 1.56. The van der Waals surface area contributed by atoms with Crippen molar-refractivity contribution in [3.63, 3.8) is 0 Å². The molecule has 0 spiro atoms. The molecule has 2 aromatic rings. The molecule has 3 heterocycles. The fourth-order valence-corrected chi connectivity index (χ4v) is 4.65. The minimum atomic E-state index is -0.00776. The predicted molar refractivity (Wildman–Crippen MR) is 99.6 cm³/mol. The largest absolute Gasteiger partial charge is 0.348 e. The first-order valence-corrected chi connectivity index (χ1v) is 10.2. The van der Waals surface area contributed by atoms with Gasteiger partial charge in [0.25, 0.3) is 5.91 Å². The lowest BCUT2D eigenvalue weighted by Gasteiger charge is -2.25. The summed E-state index contributed by atoms with van der Waals surface area (Å²) in [4.78, 5) is 15.0. The first kappa shape index (κ1) is 16.6. The number of hydrogen-bond acceptors (Lipinski definition) is 5. The van der Waals surface area contributed by atoms with Crippen molar-refractivity contribution in [3.05, 3.63) is 24.0 Å². The van der Waals surface area contributed by atoms with Gasteiger partial charge in [-0.2, -0.15) is 0 Å². The maximum absolute atomic E-state index is 12.7. The van der Waals surface area contributed by atoms with E-state index in [1.54, 1.807) is 11.3 Å². The molecule has 1 aliphatic heterocycles. The molecule has 6 nitrogen and oxygen atoms in total. The molecule has 0 atom stereocenters. The number of amides is 1. The van der Waals surface area contributed by atoms with Crippen LogP contribution in [-0.4, -0.2) is 39.8 Å². The van der Waals surface area contributed by atoms with Crippen molar-refractivity contribution in [3.8, 4) is 5.13 Å². The van der Waals surface area contributed by atoms with Gasteiger partial charge in [-0.1, -0.05) is 30.6 Å². The number of rotatable bonds is 4. The third-order valence-corrected chi connectivity index (χ3v) is 6.14. The van der Waals surface area contributed by atoms with Crippen LogP contribution in [0.25, 0.3) is 5.13 Å². The van der Waals surface area contributed by atoms with E-state index in [4.69, 9.17) is 0 Å². The maximum atomic E-state index is 12.7. The number of hydrogen-bond donors (Lipinski definition) is 1. The number of nitrogens with one attached hydrogen (secondary N) is 1. The molecule has 0 radical (unpaired) electrons. The van der Waals surface area contributed by atoms with Crippen molar-refractivity contribution in [1.29, 1.82) is 0 Å². The summed E-state index contributed by atoms with van der Waals surface area (Å²) in [6.07, 6.45) is 11.5. The van der Waals surface area contributed by atoms with Gasteiger partial charge in [0.15, 0.2) is 0 Å². The molecular weight excluding hydrogens is 334 g/mol.